The van der Waals surface area contributed by atoms with Crippen molar-refractivity contribution >= 4 is 5.91 Å². The number of nitrogens with one attached hydrogen (secondary N) is 1. The van der Waals surface area contributed by atoms with E-state index in [0.717, 1.165) is 22.4 Å². The molecule has 0 bridgehead atoms. The number of aliphatic hydroxyl groups is 2. The number of hydrogen-bond acceptors (Lipinski definition) is 5. The Morgan fingerprint density at radius 3 is 2.48 bits per heavy atom. The van der Waals surface area contributed by atoms with E-state index in [0.29, 0.717) is 5.56 Å². The molecule has 0 spiro atoms. The number of amides is 1. The molecule has 0 saturated heterocycles. The smallest absolute Gasteiger partial charge is 0.251 e. The van der Waals surface area contributed by atoms with Crippen molar-refractivity contribution in [2.24, 2.45) is 0 Å². The summed E-state index contributed by atoms with van der Waals surface area (Å²) < 4.78 is 5.13. The molecule has 1 heterocycles. The number of hydrogen-bond donors (Lipinski definition) is 3. The van der Waals surface area contributed by atoms with Gasteiger partial charge in [0, 0.05) is 23.2 Å². The number of carbonyl (C=O) groups is 1. The van der Waals surface area contributed by atoms with Crippen LogP contribution in [-0.2, 0) is 0 Å². The van der Waals surface area contributed by atoms with Gasteiger partial charge >= 0.3 is 0 Å². The lowest BCUT2D eigenvalue weighted by Gasteiger charge is -2.09. The fourth-order valence-corrected chi connectivity index (χ4v) is 2.42. The summed E-state index contributed by atoms with van der Waals surface area (Å²) in [6.07, 6.45) is 0.614. The Hall–Kier alpha value is -2.96. The van der Waals surface area contributed by atoms with Gasteiger partial charge in [0.1, 0.15) is 12.0 Å². The third-order valence-electron chi connectivity index (χ3n) is 3.78. The summed E-state index contributed by atoms with van der Waals surface area (Å²) in [5.41, 5.74) is 3.88. The maximum atomic E-state index is 12.0. The average molecular weight is 338 g/mol. The standard InChI is InChI=1S/C19H18N2O4/c22-11-16(23)10-20-19(24)15-8-6-13(7-9-15)17-12-25-21-18(17)14-4-2-1-3-5-14/h1-9,12,16,22-23H,10-11H2,(H,20,24). The molecule has 3 rings (SSSR count). The second kappa shape index (κ2) is 7.74. The number of carbonyl (C=O) groups excluding carboxylic acids is 1. The van der Waals surface area contributed by atoms with Crippen molar-refractivity contribution in [3.8, 4) is 22.4 Å². The Labute approximate surface area is 144 Å². The highest BCUT2D eigenvalue weighted by atomic mass is 16.5. The van der Waals surface area contributed by atoms with Crippen LogP contribution in [-0.4, -0.2) is 40.5 Å². The van der Waals surface area contributed by atoms with Crippen LogP contribution in [0.5, 0.6) is 0 Å². The second-order valence-electron chi connectivity index (χ2n) is 5.57. The minimum atomic E-state index is -0.964. The SMILES string of the molecule is O=C(NCC(O)CO)c1ccc(-c2conc2-c2ccccc2)cc1. The molecule has 0 aliphatic carbocycles. The van der Waals surface area contributed by atoms with Gasteiger partial charge in [0.05, 0.1) is 12.7 Å². The maximum absolute atomic E-state index is 12.0. The summed E-state index contributed by atoms with van der Waals surface area (Å²) in [5.74, 6) is -0.312. The zero-order valence-corrected chi connectivity index (χ0v) is 13.4. The highest BCUT2D eigenvalue weighted by Gasteiger charge is 2.13. The summed E-state index contributed by atoms with van der Waals surface area (Å²) in [5, 5.41) is 24.7. The van der Waals surface area contributed by atoms with Gasteiger partial charge in [-0.2, -0.15) is 0 Å². The van der Waals surface area contributed by atoms with E-state index in [1.54, 1.807) is 18.4 Å². The van der Waals surface area contributed by atoms with E-state index < -0.39 is 12.7 Å². The van der Waals surface area contributed by atoms with Crippen LogP contribution in [0, 0.1) is 0 Å². The molecular weight excluding hydrogens is 320 g/mol. The monoisotopic (exact) mass is 338 g/mol. The molecule has 0 radical (unpaired) electrons. The molecule has 1 amide bonds. The largest absolute Gasteiger partial charge is 0.394 e. The van der Waals surface area contributed by atoms with Gasteiger partial charge in [0.25, 0.3) is 5.91 Å². The molecule has 0 saturated carbocycles. The molecule has 0 aliphatic rings. The molecule has 3 N–H and O–H groups in total. The number of aliphatic hydroxyl groups excluding tert-OH is 2. The Kier molecular flexibility index (Phi) is 5.23. The number of aromatic nitrogens is 1. The topological polar surface area (TPSA) is 95.6 Å². The lowest BCUT2D eigenvalue weighted by molar-refractivity contribution is 0.0802. The van der Waals surface area contributed by atoms with Gasteiger partial charge in [0.2, 0.25) is 0 Å². The van der Waals surface area contributed by atoms with Gasteiger partial charge in [0.15, 0.2) is 0 Å². The van der Waals surface area contributed by atoms with Gasteiger partial charge in [-0.25, -0.2) is 0 Å². The van der Waals surface area contributed by atoms with Crippen molar-refractivity contribution in [2.45, 2.75) is 6.10 Å². The zero-order valence-electron chi connectivity index (χ0n) is 13.4. The van der Waals surface area contributed by atoms with Crippen molar-refractivity contribution in [2.75, 3.05) is 13.2 Å². The molecule has 6 nitrogen and oxygen atoms in total. The van der Waals surface area contributed by atoms with Crippen molar-refractivity contribution < 1.29 is 19.5 Å². The van der Waals surface area contributed by atoms with Crippen LogP contribution in [0.3, 0.4) is 0 Å². The van der Waals surface area contributed by atoms with Gasteiger partial charge in [-0.1, -0.05) is 47.6 Å². The van der Waals surface area contributed by atoms with Crippen molar-refractivity contribution in [1.82, 2.24) is 10.5 Å². The molecular formula is C19H18N2O4. The van der Waals surface area contributed by atoms with Crippen LogP contribution in [0.15, 0.2) is 65.4 Å². The Balaban J connectivity index is 1.78. The molecule has 2 aromatic carbocycles. The van der Waals surface area contributed by atoms with Crippen molar-refractivity contribution in [1.29, 1.82) is 0 Å². The van der Waals surface area contributed by atoms with E-state index in [2.05, 4.69) is 10.5 Å². The molecule has 1 atom stereocenters. The van der Waals surface area contributed by atoms with E-state index in [1.807, 2.05) is 42.5 Å². The van der Waals surface area contributed by atoms with Crippen LogP contribution in [0.2, 0.25) is 0 Å². The number of rotatable bonds is 6. The predicted octanol–water partition coefficient (Wildman–Crippen LogP) is 2.09. The predicted molar refractivity (Wildman–Crippen MR) is 92.8 cm³/mol. The lowest BCUT2D eigenvalue weighted by Crippen LogP contribution is -2.33. The molecule has 3 aromatic rings. The lowest BCUT2D eigenvalue weighted by atomic mass is 10.0. The second-order valence-corrected chi connectivity index (χ2v) is 5.57. The minimum absolute atomic E-state index is 0.000884. The van der Waals surface area contributed by atoms with Gasteiger partial charge in [-0.15, -0.1) is 0 Å². The van der Waals surface area contributed by atoms with E-state index in [9.17, 15) is 9.90 Å². The molecule has 25 heavy (non-hydrogen) atoms. The quantitative estimate of drug-likeness (QED) is 0.640. The molecule has 6 heteroatoms. The summed E-state index contributed by atoms with van der Waals surface area (Å²) in [4.78, 5) is 12.0. The first-order valence-corrected chi connectivity index (χ1v) is 7.86. The third-order valence-corrected chi connectivity index (χ3v) is 3.78. The minimum Gasteiger partial charge on any atom is -0.394 e. The van der Waals surface area contributed by atoms with Gasteiger partial charge in [-0.05, 0) is 17.7 Å². The molecule has 1 aromatic heterocycles. The van der Waals surface area contributed by atoms with E-state index in [4.69, 9.17) is 9.63 Å². The average Bonchev–Trinajstić information content (AvgIpc) is 3.16. The van der Waals surface area contributed by atoms with Crippen LogP contribution >= 0.6 is 0 Å². The van der Waals surface area contributed by atoms with Crippen molar-refractivity contribution in [3.05, 3.63) is 66.4 Å². The first kappa shape index (κ1) is 16.9. The highest BCUT2D eigenvalue weighted by molar-refractivity contribution is 5.95. The van der Waals surface area contributed by atoms with E-state index in [-0.39, 0.29) is 12.5 Å². The first-order chi connectivity index (χ1) is 12.2. The van der Waals surface area contributed by atoms with Gasteiger partial charge in [-0.3, -0.25) is 4.79 Å². The molecule has 1 unspecified atom stereocenters. The van der Waals surface area contributed by atoms with Crippen LogP contribution in [0.25, 0.3) is 22.4 Å². The molecule has 0 aliphatic heterocycles. The van der Waals surface area contributed by atoms with Crippen molar-refractivity contribution in [3.63, 3.8) is 0 Å². The van der Waals surface area contributed by atoms with Crippen LogP contribution in [0.1, 0.15) is 10.4 Å². The first-order valence-electron chi connectivity index (χ1n) is 7.86. The number of nitrogens with zero attached hydrogens (tertiary/aromatic N) is 1. The maximum Gasteiger partial charge on any atom is 0.251 e. The summed E-state index contributed by atoms with van der Waals surface area (Å²) in [7, 11) is 0. The Bertz CT molecular complexity index is 828. The Morgan fingerprint density at radius 1 is 1.08 bits per heavy atom. The fraction of sp³-hybridized carbons (Fsp3) is 0.158. The van der Waals surface area contributed by atoms with Crippen LogP contribution in [0.4, 0.5) is 0 Å². The van der Waals surface area contributed by atoms with Gasteiger partial charge < -0.3 is 20.1 Å². The molecule has 0 fully saturated rings. The fourth-order valence-electron chi connectivity index (χ4n) is 2.42. The zero-order chi connectivity index (χ0) is 17.6. The highest BCUT2D eigenvalue weighted by Crippen LogP contribution is 2.30. The Morgan fingerprint density at radius 2 is 1.80 bits per heavy atom. The third kappa shape index (κ3) is 3.93. The normalized spacial score (nSPS) is 11.9. The van der Waals surface area contributed by atoms with Crippen LogP contribution < -0.4 is 5.32 Å². The molecule has 128 valence electrons. The summed E-state index contributed by atoms with van der Waals surface area (Å²) in [6.45, 7) is -0.393. The van der Waals surface area contributed by atoms with E-state index >= 15 is 0 Å². The summed E-state index contributed by atoms with van der Waals surface area (Å²) >= 11 is 0. The van der Waals surface area contributed by atoms with E-state index in [1.165, 1.54) is 0 Å². The number of benzene rings is 2. The summed E-state index contributed by atoms with van der Waals surface area (Å²) in [6, 6.07) is 16.7.